The number of benzene rings is 1. The molecule has 0 saturated carbocycles. The number of nitrogens with zero attached hydrogens (tertiary/aromatic N) is 2. The fraction of sp³-hybridized carbons (Fsp3) is 0.625. The molecule has 114 valence electrons. The van der Waals surface area contributed by atoms with Crippen molar-refractivity contribution in [3.63, 3.8) is 0 Å². The molecule has 0 radical (unpaired) electrons. The van der Waals surface area contributed by atoms with Gasteiger partial charge in [0.25, 0.3) is 0 Å². The summed E-state index contributed by atoms with van der Waals surface area (Å²) in [5, 5.41) is 0. The van der Waals surface area contributed by atoms with Gasteiger partial charge in [0, 0.05) is 19.1 Å². The Labute approximate surface area is 123 Å². The second-order valence-electron chi connectivity index (χ2n) is 5.19. The van der Waals surface area contributed by atoms with Crippen LogP contribution in [0, 0.1) is 0 Å². The fourth-order valence-electron chi connectivity index (χ4n) is 2.29. The van der Waals surface area contributed by atoms with Crippen LogP contribution in [0.25, 0.3) is 0 Å². The summed E-state index contributed by atoms with van der Waals surface area (Å²) in [7, 11) is 4.09. The Morgan fingerprint density at radius 3 is 2.15 bits per heavy atom. The second-order valence-corrected chi connectivity index (χ2v) is 5.19. The van der Waals surface area contributed by atoms with Crippen LogP contribution in [0.2, 0.25) is 0 Å². The van der Waals surface area contributed by atoms with Crippen LogP contribution in [0.15, 0.2) is 24.3 Å². The quantitative estimate of drug-likeness (QED) is 0.750. The van der Waals surface area contributed by atoms with E-state index in [1.807, 2.05) is 26.2 Å². The molecule has 0 aliphatic rings. The second kappa shape index (κ2) is 8.95. The predicted molar refractivity (Wildman–Crippen MR) is 85.2 cm³/mol. The highest BCUT2D eigenvalue weighted by Crippen LogP contribution is 2.22. The average Bonchev–Trinajstić information content (AvgIpc) is 2.45. The van der Waals surface area contributed by atoms with Gasteiger partial charge in [-0.2, -0.15) is 0 Å². The number of hydrogen-bond donors (Lipinski definition) is 1. The molecule has 0 bridgehead atoms. The summed E-state index contributed by atoms with van der Waals surface area (Å²) < 4.78 is 5.71. The van der Waals surface area contributed by atoms with Crippen molar-refractivity contribution in [3.8, 4) is 5.75 Å². The third-order valence-corrected chi connectivity index (χ3v) is 3.55. The zero-order valence-corrected chi connectivity index (χ0v) is 13.3. The lowest BCUT2D eigenvalue weighted by Gasteiger charge is -2.29. The monoisotopic (exact) mass is 279 g/mol. The molecule has 0 spiro atoms. The molecule has 4 heteroatoms. The largest absolute Gasteiger partial charge is 0.492 e. The Bertz CT molecular complexity index is 360. The highest BCUT2D eigenvalue weighted by molar-refractivity contribution is 5.29. The van der Waals surface area contributed by atoms with Crippen LogP contribution in [-0.4, -0.2) is 56.7 Å². The van der Waals surface area contributed by atoms with Crippen LogP contribution in [0.1, 0.15) is 25.5 Å². The lowest BCUT2D eigenvalue weighted by molar-refractivity contribution is 0.223. The smallest absolute Gasteiger partial charge is 0.119 e. The van der Waals surface area contributed by atoms with E-state index < -0.39 is 0 Å². The Kier molecular flexibility index (Phi) is 7.59. The topological polar surface area (TPSA) is 41.7 Å². The molecule has 1 aromatic rings. The standard InChI is InChI=1S/C16H29N3O/c1-5-19(6-2)16(13-17)14-7-9-15(10-8-14)20-12-11-18(3)4/h7-10,16H,5-6,11-13,17H2,1-4H3. The van der Waals surface area contributed by atoms with Crippen LogP contribution in [0.4, 0.5) is 0 Å². The van der Waals surface area contributed by atoms with E-state index in [4.69, 9.17) is 10.5 Å². The van der Waals surface area contributed by atoms with Crippen LogP contribution < -0.4 is 10.5 Å². The van der Waals surface area contributed by atoms with E-state index in [1.54, 1.807) is 0 Å². The van der Waals surface area contributed by atoms with Crippen molar-refractivity contribution >= 4 is 0 Å². The lowest BCUT2D eigenvalue weighted by Crippen LogP contribution is -2.33. The summed E-state index contributed by atoms with van der Waals surface area (Å²) in [6, 6.07) is 8.62. The van der Waals surface area contributed by atoms with Gasteiger partial charge in [0.2, 0.25) is 0 Å². The van der Waals surface area contributed by atoms with Crippen LogP contribution in [0.3, 0.4) is 0 Å². The van der Waals surface area contributed by atoms with Gasteiger partial charge < -0.3 is 15.4 Å². The fourth-order valence-corrected chi connectivity index (χ4v) is 2.29. The molecule has 0 aliphatic carbocycles. The van der Waals surface area contributed by atoms with Crippen LogP contribution >= 0.6 is 0 Å². The first-order valence-electron chi connectivity index (χ1n) is 7.43. The maximum atomic E-state index is 5.93. The van der Waals surface area contributed by atoms with Crippen molar-refractivity contribution in [1.29, 1.82) is 0 Å². The average molecular weight is 279 g/mol. The Morgan fingerprint density at radius 1 is 1.10 bits per heavy atom. The summed E-state index contributed by atoms with van der Waals surface area (Å²) in [4.78, 5) is 4.49. The van der Waals surface area contributed by atoms with Crippen molar-refractivity contribution in [2.75, 3.05) is 46.9 Å². The number of rotatable bonds is 9. The van der Waals surface area contributed by atoms with E-state index in [1.165, 1.54) is 5.56 Å². The minimum absolute atomic E-state index is 0.292. The van der Waals surface area contributed by atoms with E-state index >= 15 is 0 Å². The summed E-state index contributed by atoms with van der Waals surface area (Å²) >= 11 is 0. The van der Waals surface area contributed by atoms with Crippen molar-refractivity contribution in [2.24, 2.45) is 5.73 Å². The molecule has 1 atom stereocenters. The van der Waals surface area contributed by atoms with Gasteiger partial charge in [0.05, 0.1) is 0 Å². The number of nitrogens with two attached hydrogens (primary N) is 1. The van der Waals surface area contributed by atoms with Gasteiger partial charge >= 0.3 is 0 Å². The minimum Gasteiger partial charge on any atom is -0.492 e. The highest BCUT2D eigenvalue weighted by Gasteiger charge is 2.15. The van der Waals surface area contributed by atoms with E-state index in [0.717, 1.165) is 25.4 Å². The maximum Gasteiger partial charge on any atom is 0.119 e. The Hall–Kier alpha value is -1.10. The zero-order valence-electron chi connectivity index (χ0n) is 13.3. The molecular formula is C16H29N3O. The van der Waals surface area contributed by atoms with Gasteiger partial charge in [-0.25, -0.2) is 0 Å². The first-order chi connectivity index (χ1) is 9.62. The van der Waals surface area contributed by atoms with Gasteiger partial charge in [0.1, 0.15) is 12.4 Å². The molecule has 0 aromatic heterocycles. The molecule has 1 rings (SSSR count). The molecule has 1 aromatic carbocycles. The lowest BCUT2D eigenvalue weighted by atomic mass is 10.1. The van der Waals surface area contributed by atoms with Gasteiger partial charge in [-0.3, -0.25) is 4.90 Å². The third kappa shape index (κ3) is 5.12. The van der Waals surface area contributed by atoms with Gasteiger partial charge in [0.15, 0.2) is 0 Å². The summed E-state index contributed by atoms with van der Waals surface area (Å²) in [6.07, 6.45) is 0. The van der Waals surface area contributed by atoms with Crippen molar-refractivity contribution in [2.45, 2.75) is 19.9 Å². The SMILES string of the molecule is CCN(CC)C(CN)c1ccc(OCCN(C)C)cc1. The number of likely N-dealkylation sites (N-methyl/N-ethyl adjacent to an activating group) is 2. The van der Waals surface area contributed by atoms with Crippen LogP contribution in [-0.2, 0) is 0 Å². The summed E-state index contributed by atoms with van der Waals surface area (Å²) in [6.45, 7) is 8.65. The first kappa shape index (κ1) is 17.0. The molecule has 1 unspecified atom stereocenters. The third-order valence-electron chi connectivity index (χ3n) is 3.55. The van der Waals surface area contributed by atoms with Crippen LogP contribution in [0.5, 0.6) is 5.75 Å². The van der Waals surface area contributed by atoms with E-state index in [0.29, 0.717) is 19.2 Å². The number of hydrogen-bond acceptors (Lipinski definition) is 4. The van der Waals surface area contributed by atoms with Crippen molar-refractivity contribution < 1.29 is 4.74 Å². The van der Waals surface area contributed by atoms with Crippen molar-refractivity contribution in [3.05, 3.63) is 29.8 Å². The molecule has 0 aliphatic heterocycles. The maximum absolute atomic E-state index is 5.93. The summed E-state index contributed by atoms with van der Waals surface area (Å²) in [5.41, 5.74) is 7.19. The Balaban J connectivity index is 2.64. The molecule has 20 heavy (non-hydrogen) atoms. The Morgan fingerprint density at radius 2 is 1.70 bits per heavy atom. The minimum atomic E-state index is 0.292. The molecular weight excluding hydrogens is 250 g/mol. The predicted octanol–water partition coefficient (Wildman–Crippen LogP) is 1.97. The zero-order chi connectivity index (χ0) is 15.0. The van der Waals surface area contributed by atoms with Crippen molar-refractivity contribution in [1.82, 2.24) is 9.80 Å². The molecule has 0 amide bonds. The van der Waals surface area contributed by atoms with Gasteiger partial charge in [-0.1, -0.05) is 26.0 Å². The van der Waals surface area contributed by atoms with E-state index in [9.17, 15) is 0 Å². The molecule has 2 N–H and O–H groups in total. The highest BCUT2D eigenvalue weighted by atomic mass is 16.5. The molecule has 4 nitrogen and oxygen atoms in total. The van der Waals surface area contributed by atoms with E-state index in [-0.39, 0.29) is 0 Å². The van der Waals surface area contributed by atoms with E-state index in [2.05, 4.69) is 35.8 Å². The summed E-state index contributed by atoms with van der Waals surface area (Å²) in [5.74, 6) is 0.922. The first-order valence-corrected chi connectivity index (χ1v) is 7.43. The van der Waals surface area contributed by atoms with Gasteiger partial charge in [-0.05, 0) is 44.9 Å². The normalized spacial score (nSPS) is 12.9. The molecule has 0 fully saturated rings. The number of ether oxygens (including phenoxy) is 1. The molecule has 0 heterocycles. The van der Waals surface area contributed by atoms with Gasteiger partial charge in [-0.15, -0.1) is 0 Å². The molecule has 0 saturated heterocycles.